The molecule has 0 fully saturated rings. The second-order valence-electron chi connectivity index (χ2n) is 6.09. The molecule has 0 spiro atoms. The SMILES string of the molecule is CCOC(=O)[C@@H]1C(=O)c2cc(OC)c(OC)c(OC)c2[C@H]1c1ccccc1. The molecule has 2 atom stereocenters. The number of hydrogen-bond acceptors (Lipinski definition) is 6. The summed E-state index contributed by atoms with van der Waals surface area (Å²) in [5.74, 6) is -1.21. The Hall–Kier alpha value is -3.02. The molecule has 6 heteroatoms. The minimum absolute atomic E-state index is 0.199. The lowest BCUT2D eigenvalue weighted by Gasteiger charge is -2.21. The maximum Gasteiger partial charge on any atom is 0.317 e. The first-order valence-electron chi connectivity index (χ1n) is 8.67. The molecule has 0 amide bonds. The van der Waals surface area contributed by atoms with Crippen molar-refractivity contribution in [3.05, 3.63) is 53.1 Å². The molecule has 142 valence electrons. The van der Waals surface area contributed by atoms with E-state index in [1.54, 1.807) is 13.0 Å². The maximum atomic E-state index is 13.2. The maximum absolute atomic E-state index is 13.2. The first-order chi connectivity index (χ1) is 13.1. The number of esters is 1. The van der Waals surface area contributed by atoms with E-state index in [-0.39, 0.29) is 12.4 Å². The average molecular weight is 370 g/mol. The topological polar surface area (TPSA) is 71.1 Å². The Morgan fingerprint density at radius 2 is 1.67 bits per heavy atom. The monoisotopic (exact) mass is 370 g/mol. The third kappa shape index (κ3) is 3.01. The average Bonchev–Trinajstić information content (AvgIpc) is 2.99. The normalized spacial score (nSPS) is 18.0. The Labute approximate surface area is 158 Å². The number of ketones is 1. The fraction of sp³-hybridized carbons (Fsp3) is 0.333. The number of carbonyl (C=O) groups is 2. The number of benzene rings is 2. The molecule has 0 saturated carbocycles. The molecule has 6 nitrogen and oxygen atoms in total. The largest absolute Gasteiger partial charge is 0.493 e. The molecule has 0 unspecified atom stereocenters. The Morgan fingerprint density at radius 3 is 2.22 bits per heavy atom. The zero-order chi connectivity index (χ0) is 19.6. The van der Waals surface area contributed by atoms with Gasteiger partial charge in [-0.05, 0) is 18.6 Å². The number of methoxy groups -OCH3 is 3. The summed E-state index contributed by atoms with van der Waals surface area (Å²) in [6.45, 7) is 1.92. The molecule has 0 heterocycles. The van der Waals surface area contributed by atoms with Crippen molar-refractivity contribution in [3.63, 3.8) is 0 Å². The van der Waals surface area contributed by atoms with Gasteiger partial charge in [-0.25, -0.2) is 0 Å². The molecule has 0 radical (unpaired) electrons. The second-order valence-corrected chi connectivity index (χ2v) is 6.09. The van der Waals surface area contributed by atoms with Crippen molar-refractivity contribution in [1.29, 1.82) is 0 Å². The van der Waals surface area contributed by atoms with Gasteiger partial charge in [0.1, 0.15) is 5.92 Å². The van der Waals surface area contributed by atoms with Crippen LogP contribution in [0.5, 0.6) is 17.2 Å². The van der Waals surface area contributed by atoms with Crippen LogP contribution in [-0.2, 0) is 9.53 Å². The van der Waals surface area contributed by atoms with Crippen LogP contribution in [0.15, 0.2) is 36.4 Å². The first kappa shape index (κ1) is 18.8. The lowest BCUT2D eigenvalue weighted by molar-refractivity contribution is -0.146. The van der Waals surface area contributed by atoms with E-state index in [1.165, 1.54) is 21.3 Å². The molecule has 0 aliphatic heterocycles. The zero-order valence-corrected chi connectivity index (χ0v) is 15.8. The fourth-order valence-electron chi connectivity index (χ4n) is 3.67. The first-order valence-corrected chi connectivity index (χ1v) is 8.67. The lowest BCUT2D eigenvalue weighted by atomic mass is 9.85. The van der Waals surface area contributed by atoms with E-state index in [4.69, 9.17) is 18.9 Å². The number of ether oxygens (including phenoxy) is 4. The fourth-order valence-corrected chi connectivity index (χ4v) is 3.67. The van der Waals surface area contributed by atoms with Crippen molar-refractivity contribution in [3.8, 4) is 17.2 Å². The summed E-state index contributed by atoms with van der Waals surface area (Å²) >= 11 is 0. The summed E-state index contributed by atoms with van der Waals surface area (Å²) in [5.41, 5.74) is 1.83. The van der Waals surface area contributed by atoms with Crippen molar-refractivity contribution >= 4 is 11.8 Å². The molecular formula is C21H22O6. The lowest BCUT2D eigenvalue weighted by Crippen LogP contribution is -2.27. The molecule has 0 N–H and O–H groups in total. The van der Waals surface area contributed by atoms with E-state index < -0.39 is 17.8 Å². The van der Waals surface area contributed by atoms with Crippen molar-refractivity contribution in [1.82, 2.24) is 0 Å². The predicted molar refractivity (Wildman–Crippen MR) is 98.8 cm³/mol. The molecule has 1 aliphatic carbocycles. The number of rotatable bonds is 6. The third-order valence-corrected chi connectivity index (χ3v) is 4.76. The summed E-state index contributed by atoms with van der Waals surface area (Å²) in [5, 5.41) is 0. The summed E-state index contributed by atoms with van der Waals surface area (Å²) in [6.07, 6.45) is 0. The van der Waals surface area contributed by atoms with Gasteiger partial charge in [0.2, 0.25) is 5.75 Å². The van der Waals surface area contributed by atoms with Gasteiger partial charge in [0.15, 0.2) is 17.3 Å². The van der Waals surface area contributed by atoms with E-state index in [2.05, 4.69) is 0 Å². The van der Waals surface area contributed by atoms with Gasteiger partial charge in [-0.3, -0.25) is 9.59 Å². The molecule has 27 heavy (non-hydrogen) atoms. The molecule has 0 saturated heterocycles. The zero-order valence-electron chi connectivity index (χ0n) is 15.8. The van der Waals surface area contributed by atoms with Crippen LogP contribution in [0.3, 0.4) is 0 Å². The van der Waals surface area contributed by atoms with E-state index >= 15 is 0 Å². The van der Waals surface area contributed by atoms with Crippen molar-refractivity contribution < 1.29 is 28.5 Å². The van der Waals surface area contributed by atoms with E-state index in [0.717, 1.165) is 5.56 Å². The highest BCUT2D eigenvalue weighted by Crippen LogP contribution is 2.53. The highest BCUT2D eigenvalue weighted by Gasteiger charge is 2.49. The number of Topliss-reactive ketones (excluding diaryl/α,β-unsaturated/α-hetero) is 1. The number of fused-ring (bicyclic) bond motifs is 1. The van der Waals surface area contributed by atoms with Crippen LogP contribution in [0.4, 0.5) is 0 Å². The van der Waals surface area contributed by atoms with Gasteiger partial charge in [-0.1, -0.05) is 30.3 Å². The molecular weight excluding hydrogens is 348 g/mol. The van der Waals surface area contributed by atoms with Gasteiger partial charge in [-0.2, -0.15) is 0 Å². The Kier molecular flexibility index (Phi) is 5.35. The van der Waals surface area contributed by atoms with Crippen LogP contribution < -0.4 is 14.2 Å². The highest BCUT2D eigenvalue weighted by atomic mass is 16.5. The molecule has 2 aromatic rings. The van der Waals surface area contributed by atoms with Gasteiger partial charge in [0.05, 0.1) is 27.9 Å². The van der Waals surface area contributed by atoms with Gasteiger partial charge in [0.25, 0.3) is 0 Å². The van der Waals surface area contributed by atoms with Gasteiger partial charge < -0.3 is 18.9 Å². The van der Waals surface area contributed by atoms with E-state index in [1.807, 2.05) is 30.3 Å². The Morgan fingerprint density at radius 1 is 1.00 bits per heavy atom. The van der Waals surface area contributed by atoms with Crippen molar-refractivity contribution in [2.75, 3.05) is 27.9 Å². The molecule has 3 rings (SSSR count). The number of carbonyl (C=O) groups excluding carboxylic acids is 2. The summed E-state index contributed by atoms with van der Waals surface area (Å²) in [7, 11) is 4.49. The molecule has 1 aliphatic rings. The van der Waals surface area contributed by atoms with Gasteiger partial charge >= 0.3 is 5.97 Å². The molecule has 0 bridgehead atoms. The molecule has 2 aromatic carbocycles. The van der Waals surface area contributed by atoms with Crippen molar-refractivity contribution in [2.24, 2.45) is 5.92 Å². The van der Waals surface area contributed by atoms with Crippen LogP contribution in [0.25, 0.3) is 0 Å². The van der Waals surface area contributed by atoms with Crippen LogP contribution in [0, 0.1) is 5.92 Å². The number of hydrogen-bond donors (Lipinski definition) is 0. The smallest absolute Gasteiger partial charge is 0.317 e. The standard InChI is InChI=1S/C21H22O6/c1-5-27-21(23)17-15(12-9-7-6-8-10-12)16-13(18(17)22)11-14(24-2)19(25-3)20(16)26-4/h6-11,15,17H,5H2,1-4H3/t15-,17+/m1/s1. The summed E-state index contributed by atoms with van der Waals surface area (Å²) < 4.78 is 21.6. The van der Waals surface area contributed by atoms with Crippen LogP contribution in [0.2, 0.25) is 0 Å². The minimum Gasteiger partial charge on any atom is -0.493 e. The van der Waals surface area contributed by atoms with Gasteiger partial charge in [0, 0.05) is 17.0 Å². The third-order valence-electron chi connectivity index (χ3n) is 4.76. The van der Waals surface area contributed by atoms with Crippen LogP contribution >= 0.6 is 0 Å². The van der Waals surface area contributed by atoms with E-state index in [9.17, 15) is 9.59 Å². The highest BCUT2D eigenvalue weighted by molar-refractivity contribution is 6.14. The second kappa shape index (κ2) is 7.70. The predicted octanol–water partition coefficient (Wildman–Crippen LogP) is 3.22. The molecule has 0 aromatic heterocycles. The Bertz CT molecular complexity index is 859. The van der Waals surface area contributed by atoms with E-state index in [0.29, 0.717) is 28.4 Å². The van der Waals surface area contributed by atoms with Crippen LogP contribution in [0.1, 0.15) is 34.3 Å². The Balaban J connectivity index is 2.30. The quantitative estimate of drug-likeness (QED) is 0.574. The van der Waals surface area contributed by atoms with Gasteiger partial charge in [-0.15, -0.1) is 0 Å². The minimum atomic E-state index is -0.979. The summed E-state index contributed by atoms with van der Waals surface area (Å²) in [6, 6.07) is 11.0. The van der Waals surface area contributed by atoms with Crippen LogP contribution in [-0.4, -0.2) is 39.7 Å². The summed E-state index contributed by atoms with van der Waals surface area (Å²) in [4.78, 5) is 25.9. The van der Waals surface area contributed by atoms with Crippen molar-refractivity contribution in [2.45, 2.75) is 12.8 Å².